The van der Waals surface area contributed by atoms with E-state index >= 15 is 0 Å². The number of likely N-dealkylation sites (tertiary alicyclic amines) is 1. The SMILES string of the molecule is Nc1cccc(CC(=O)N2CCC(N3CCOCC3)C2)c1. The summed E-state index contributed by atoms with van der Waals surface area (Å²) in [6.07, 6.45) is 1.52. The van der Waals surface area contributed by atoms with Crippen LogP contribution in [0.4, 0.5) is 5.69 Å². The van der Waals surface area contributed by atoms with E-state index in [-0.39, 0.29) is 5.91 Å². The van der Waals surface area contributed by atoms with E-state index in [9.17, 15) is 4.79 Å². The zero-order valence-corrected chi connectivity index (χ0v) is 12.3. The predicted molar refractivity (Wildman–Crippen MR) is 81.9 cm³/mol. The number of nitrogens with two attached hydrogens (primary N) is 1. The summed E-state index contributed by atoms with van der Waals surface area (Å²) in [7, 11) is 0. The number of carbonyl (C=O) groups is 1. The summed E-state index contributed by atoms with van der Waals surface area (Å²) in [5.41, 5.74) is 7.47. The fraction of sp³-hybridized carbons (Fsp3) is 0.562. The van der Waals surface area contributed by atoms with Gasteiger partial charge in [0.25, 0.3) is 0 Å². The first kappa shape index (κ1) is 14.4. The average molecular weight is 289 g/mol. The Bertz CT molecular complexity index is 500. The van der Waals surface area contributed by atoms with Gasteiger partial charge in [0, 0.05) is 37.9 Å². The quantitative estimate of drug-likeness (QED) is 0.834. The Morgan fingerprint density at radius 2 is 2.10 bits per heavy atom. The summed E-state index contributed by atoms with van der Waals surface area (Å²) in [5.74, 6) is 0.205. The number of amides is 1. The number of benzene rings is 1. The molecule has 1 atom stereocenters. The van der Waals surface area contributed by atoms with Crippen molar-refractivity contribution in [3.05, 3.63) is 29.8 Å². The number of anilines is 1. The third-order valence-corrected chi connectivity index (χ3v) is 4.38. The molecular weight excluding hydrogens is 266 g/mol. The topological polar surface area (TPSA) is 58.8 Å². The van der Waals surface area contributed by atoms with Gasteiger partial charge in [0.2, 0.25) is 5.91 Å². The molecule has 0 radical (unpaired) electrons. The monoisotopic (exact) mass is 289 g/mol. The van der Waals surface area contributed by atoms with Crippen LogP contribution < -0.4 is 5.73 Å². The highest BCUT2D eigenvalue weighted by atomic mass is 16.5. The first-order valence-corrected chi connectivity index (χ1v) is 7.66. The highest BCUT2D eigenvalue weighted by Gasteiger charge is 2.30. The highest BCUT2D eigenvalue weighted by Crippen LogP contribution is 2.18. The number of nitrogens with zero attached hydrogens (tertiary/aromatic N) is 2. The van der Waals surface area contributed by atoms with E-state index in [0.29, 0.717) is 18.2 Å². The fourth-order valence-electron chi connectivity index (χ4n) is 3.20. The van der Waals surface area contributed by atoms with Gasteiger partial charge in [-0.05, 0) is 24.1 Å². The standard InChI is InChI=1S/C16H23N3O2/c17-14-3-1-2-13(10-14)11-16(20)19-5-4-15(12-19)18-6-8-21-9-7-18/h1-3,10,15H,4-9,11-12,17H2. The molecule has 114 valence electrons. The van der Waals surface area contributed by atoms with E-state index in [2.05, 4.69) is 4.90 Å². The molecule has 2 aliphatic heterocycles. The highest BCUT2D eigenvalue weighted by molar-refractivity contribution is 5.79. The minimum absolute atomic E-state index is 0.205. The molecule has 0 spiro atoms. The average Bonchev–Trinajstić information content (AvgIpc) is 2.98. The predicted octanol–water partition coefficient (Wildman–Crippen LogP) is 0.744. The Kier molecular flexibility index (Phi) is 4.41. The van der Waals surface area contributed by atoms with Crippen LogP contribution in [0.5, 0.6) is 0 Å². The molecule has 2 aliphatic rings. The largest absolute Gasteiger partial charge is 0.399 e. The molecule has 0 aromatic heterocycles. The van der Waals surface area contributed by atoms with Crippen LogP contribution in [0.15, 0.2) is 24.3 Å². The van der Waals surface area contributed by atoms with Gasteiger partial charge in [0.15, 0.2) is 0 Å². The van der Waals surface area contributed by atoms with Crippen LogP contribution in [-0.4, -0.2) is 61.1 Å². The molecule has 2 saturated heterocycles. The number of nitrogen functional groups attached to an aromatic ring is 1. The lowest BCUT2D eigenvalue weighted by molar-refractivity contribution is -0.129. The summed E-state index contributed by atoms with van der Waals surface area (Å²) in [5, 5.41) is 0. The zero-order valence-electron chi connectivity index (χ0n) is 12.3. The van der Waals surface area contributed by atoms with E-state index in [1.54, 1.807) is 0 Å². The summed E-state index contributed by atoms with van der Waals surface area (Å²) >= 11 is 0. The number of morpholine rings is 1. The van der Waals surface area contributed by atoms with Crippen LogP contribution in [0.25, 0.3) is 0 Å². The first-order chi connectivity index (χ1) is 10.2. The lowest BCUT2D eigenvalue weighted by atomic mass is 10.1. The Balaban J connectivity index is 1.54. The van der Waals surface area contributed by atoms with Crippen LogP contribution in [0.2, 0.25) is 0 Å². The van der Waals surface area contributed by atoms with E-state index in [1.807, 2.05) is 29.2 Å². The van der Waals surface area contributed by atoms with Crippen molar-refractivity contribution in [2.24, 2.45) is 0 Å². The second-order valence-electron chi connectivity index (χ2n) is 5.85. The molecule has 2 fully saturated rings. The molecule has 1 unspecified atom stereocenters. The Morgan fingerprint density at radius 1 is 1.29 bits per heavy atom. The fourth-order valence-corrected chi connectivity index (χ4v) is 3.20. The molecule has 0 bridgehead atoms. The lowest BCUT2D eigenvalue weighted by Gasteiger charge is -2.32. The van der Waals surface area contributed by atoms with E-state index in [4.69, 9.17) is 10.5 Å². The van der Waals surface area contributed by atoms with Gasteiger partial charge in [-0.3, -0.25) is 9.69 Å². The van der Waals surface area contributed by atoms with E-state index in [1.165, 1.54) is 0 Å². The minimum Gasteiger partial charge on any atom is -0.399 e. The molecule has 1 aromatic carbocycles. The molecule has 3 rings (SSSR count). The zero-order chi connectivity index (χ0) is 14.7. The van der Waals surface area contributed by atoms with Crippen LogP contribution >= 0.6 is 0 Å². The molecule has 5 nitrogen and oxygen atoms in total. The van der Waals surface area contributed by atoms with Gasteiger partial charge in [0.1, 0.15) is 0 Å². The smallest absolute Gasteiger partial charge is 0.227 e. The van der Waals surface area contributed by atoms with Crippen molar-refractivity contribution in [2.75, 3.05) is 45.1 Å². The van der Waals surface area contributed by atoms with Crippen molar-refractivity contribution in [1.29, 1.82) is 0 Å². The molecule has 2 N–H and O–H groups in total. The summed E-state index contributed by atoms with van der Waals surface area (Å²) in [6, 6.07) is 8.09. The van der Waals surface area contributed by atoms with Gasteiger partial charge in [-0.1, -0.05) is 12.1 Å². The van der Waals surface area contributed by atoms with Crippen molar-refractivity contribution in [3.8, 4) is 0 Å². The van der Waals surface area contributed by atoms with Crippen molar-refractivity contribution in [3.63, 3.8) is 0 Å². The van der Waals surface area contributed by atoms with Gasteiger partial charge >= 0.3 is 0 Å². The summed E-state index contributed by atoms with van der Waals surface area (Å²) in [6.45, 7) is 5.32. The van der Waals surface area contributed by atoms with Crippen LogP contribution in [0.3, 0.4) is 0 Å². The maximum atomic E-state index is 12.4. The lowest BCUT2D eigenvalue weighted by Crippen LogP contribution is -2.45. The number of ether oxygens (including phenoxy) is 1. The maximum absolute atomic E-state index is 12.4. The van der Waals surface area contributed by atoms with Gasteiger partial charge in [0.05, 0.1) is 19.6 Å². The van der Waals surface area contributed by atoms with Crippen LogP contribution in [-0.2, 0) is 16.0 Å². The van der Waals surface area contributed by atoms with Gasteiger partial charge in [-0.2, -0.15) is 0 Å². The second kappa shape index (κ2) is 6.45. The molecule has 0 aliphatic carbocycles. The molecule has 21 heavy (non-hydrogen) atoms. The molecule has 1 amide bonds. The summed E-state index contributed by atoms with van der Waals surface area (Å²) in [4.78, 5) is 16.8. The Labute approximate surface area is 125 Å². The Hall–Kier alpha value is -1.59. The summed E-state index contributed by atoms with van der Waals surface area (Å²) < 4.78 is 5.39. The number of carbonyl (C=O) groups excluding carboxylic acids is 1. The van der Waals surface area contributed by atoms with Gasteiger partial charge < -0.3 is 15.4 Å². The Morgan fingerprint density at radius 3 is 2.86 bits per heavy atom. The maximum Gasteiger partial charge on any atom is 0.227 e. The normalized spacial score (nSPS) is 23.4. The minimum atomic E-state index is 0.205. The van der Waals surface area contributed by atoms with Gasteiger partial charge in [-0.25, -0.2) is 0 Å². The molecule has 1 aromatic rings. The molecular formula is C16H23N3O2. The van der Waals surface area contributed by atoms with Crippen LogP contribution in [0, 0.1) is 0 Å². The third kappa shape index (κ3) is 3.54. The van der Waals surface area contributed by atoms with Crippen LogP contribution in [0.1, 0.15) is 12.0 Å². The number of hydrogen-bond donors (Lipinski definition) is 1. The van der Waals surface area contributed by atoms with E-state index in [0.717, 1.165) is 51.4 Å². The van der Waals surface area contributed by atoms with Crippen molar-refractivity contribution < 1.29 is 9.53 Å². The van der Waals surface area contributed by atoms with E-state index < -0.39 is 0 Å². The third-order valence-electron chi connectivity index (χ3n) is 4.38. The number of rotatable bonds is 3. The van der Waals surface area contributed by atoms with Gasteiger partial charge in [-0.15, -0.1) is 0 Å². The van der Waals surface area contributed by atoms with Crippen molar-refractivity contribution in [2.45, 2.75) is 18.9 Å². The first-order valence-electron chi connectivity index (χ1n) is 7.66. The molecule has 5 heteroatoms. The number of hydrogen-bond acceptors (Lipinski definition) is 4. The second-order valence-corrected chi connectivity index (χ2v) is 5.85. The van der Waals surface area contributed by atoms with Crippen molar-refractivity contribution in [1.82, 2.24) is 9.80 Å². The van der Waals surface area contributed by atoms with Crippen molar-refractivity contribution >= 4 is 11.6 Å². The molecule has 2 heterocycles. The molecule has 0 saturated carbocycles.